The third-order valence-electron chi connectivity index (χ3n) is 5.50. The fraction of sp³-hybridized carbons (Fsp3) is 0.364. The second kappa shape index (κ2) is 9.11. The van der Waals surface area contributed by atoms with Gasteiger partial charge in [0.2, 0.25) is 5.91 Å². The summed E-state index contributed by atoms with van der Waals surface area (Å²) in [6.45, 7) is 5.15. The van der Waals surface area contributed by atoms with Gasteiger partial charge in [-0.2, -0.15) is 0 Å². The maximum absolute atomic E-state index is 12.7. The lowest BCUT2D eigenvalue weighted by Crippen LogP contribution is -2.43. The number of rotatable bonds is 4. The van der Waals surface area contributed by atoms with Gasteiger partial charge >= 0.3 is 6.03 Å². The number of nitrogens with one attached hydrogen (secondary N) is 2. The van der Waals surface area contributed by atoms with Crippen LogP contribution in [0.15, 0.2) is 48.5 Å². The molecule has 2 N–H and O–H groups in total. The van der Waals surface area contributed by atoms with Gasteiger partial charge in [0, 0.05) is 35.4 Å². The monoisotopic (exact) mass is 399 g/mol. The smallest absolute Gasteiger partial charge is 0.321 e. The Labute approximate surface area is 171 Å². The van der Waals surface area contributed by atoms with Crippen LogP contribution in [0.25, 0.3) is 0 Å². The lowest BCUT2D eigenvalue weighted by atomic mass is 9.85. The van der Waals surface area contributed by atoms with Crippen molar-refractivity contribution in [2.45, 2.75) is 26.7 Å². The Balaban J connectivity index is 1.51. The highest BCUT2D eigenvalue weighted by atomic mass is 35.5. The van der Waals surface area contributed by atoms with Crippen molar-refractivity contribution in [3.63, 3.8) is 0 Å². The zero-order valence-electron chi connectivity index (χ0n) is 16.2. The van der Waals surface area contributed by atoms with Crippen LogP contribution in [-0.4, -0.2) is 29.9 Å². The standard InChI is InChI=1S/C22H26ClN3O2/c1-15(21(27)25-20-10-6-9-19(23)16(20)2)17-11-13-26(14-12-17)22(28)24-18-7-4-3-5-8-18/h3-10,15,17H,11-14H2,1-2H3,(H,24,28)(H,25,27). The molecule has 1 heterocycles. The van der Waals surface area contributed by atoms with Gasteiger partial charge in [-0.1, -0.05) is 42.8 Å². The zero-order valence-corrected chi connectivity index (χ0v) is 17.0. The van der Waals surface area contributed by atoms with E-state index in [-0.39, 0.29) is 23.8 Å². The van der Waals surface area contributed by atoms with Crippen LogP contribution >= 0.6 is 11.6 Å². The van der Waals surface area contributed by atoms with Crippen molar-refractivity contribution in [2.24, 2.45) is 11.8 Å². The van der Waals surface area contributed by atoms with Crippen molar-refractivity contribution < 1.29 is 9.59 Å². The molecule has 0 spiro atoms. The highest BCUT2D eigenvalue weighted by Gasteiger charge is 2.30. The van der Waals surface area contributed by atoms with E-state index in [0.717, 1.165) is 29.8 Å². The molecule has 28 heavy (non-hydrogen) atoms. The molecule has 1 unspecified atom stereocenters. The van der Waals surface area contributed by atoms with E-state index in [1.165, 1.54) is 0 Å². The first-order valence-corrected chi connectivity index (χ1v) is 10.0. The van der Waals surface area contributed by atoms with E-state index in [4.69, 9.17) is 11.6 Å². The maximum atomic E-state index is 12.7. The van der Waals surface area contributed by atoms with Crippen LogP contribution in [0.1, 0.15) is 25.3 Å². The Kier molecular flexibility index (Phi) is 6.57. The van der Waals surface area contributed by atoms with Crippen LogP contribution in [0.2, 0.25) is 5.02 Å². The van der Waals surface area contributed by atoms with Crippen molar-refractivity contribution in [3.8, 4) is 0 Å². The number of piperidine rings is 1. The molecular weight excluding hydrogens is 374 g/mol. The number of hydrogen-bond donors (Lipinski definition) is 2. The topological polar surface area (TPSA) is 61.4 Å². The first-order chi connectivity index (χ1) is 13.5. The number of benzene rings is 2. The van der Waals surface area contributed by atoms with Crippen molar-refractivity contribution >= 4 is 34.9 Å². The normalized spacial score (nSPS) is 15.8. The van der Waals surface area contributed by atoms with Gasteiger partial charge in [-0.3, -0.25) is 4.79 Å². The van der Waals surface area contributed by atoms with Crippen molar-refractivity contribution in [1.29, 1.82) is 0 Å². The number of amides is 3. The Hall–Kier alpha value is -2.53. The molecule has 1 fully saturated rings. The Morgan fingerprint density at radius 2 is 1.71 bits per heavy atom. The summed E-state index contributed by atoms with van der Waals surface area (Å²) < 4.78 is 0. The minimum absolute atomic E-state index is 0.00227. The molecule has 2 aromatic rings. The fourth-order valence-corrected chi connectivity index (χ4v) is 3.70. The van der Waals surface area contributed by atoms with Crippen LogP contribution in [0.5, 0.6) is 0 Å². The number of hydrogen-bond acceptors (Lipinski definition) is 2. The molecule has 6 heteroatoms. The molecule has 148 valence electrons. The summed E-state index contributed by atoms with van der Waals surface area (Å²) in [5.41, 5.74) is 2.42. The van der Waals surface area contributed by atoms with Crippen molar-refractivity contribution in [3.05, 3.63) is 59.1 Å². The summed E-state index contributed by atoms with van der Waals surface area (Å²) in [7, 11) is 0. The van der Waals surface area contributed by atoms with Crippen LogP contribution in [0.4, 0.5) is 16.2 Å². The number of nitrogens with zero attached hydrogens (tertiary/aromatic N) is 1. The first-order valence-electron chi connectivity index (χ1n) is 9.62. The molecule has 3 amide bonds. The SMILES string of the molecule is Cc1c(Cl)cccc1NC(=O)C(C)C1CCN(C(=O)Nc2ccccc2)CC1. The van der Waals surface area contributed by atoms with Crippen LogP contribution in [0.3, 0.4) is 0 Å². The van der Waals surface area contributed by atoms with E-state index in [2.05, 4.69) is 10.6 Å². The third-order valence-corrected chi connectivity index (χ3v) is 5.91. The van der Waals surface area contributed by atoms with Gasteiger partial charge in [0.05, 0.1) is 0 Å². The Morgan fingerprint density at radius 3 is 2.39 bits per heavy atom. The molecule has 1 aliphatic rings. The van der Waals surface area contributed by atoms with E-state index in [0.29, 0.717) is 18.1 Å². The second-order valence-electron chi connectivity index (χ2n) is 7.31. The average molecular weight is 400 g/mol. The van der Waals surface area contributed by atoms with Crippen molar-refractivity contribution in [2.75, 3.05) is 23.7 Å². The minimum Gasteiger partial charge on any atom is -0.326 e. The van der Waals surface area contributed by atoms with Crippen LogP contribution < -0.4 is 10.6 Å². The van der Waals surface area contributed by atoms with Gasteiger partial charge in [-0.25, -0.2) is 4.79 Å². The molecule has 0 bridgehead atoms. The lowest BCUT2D eigenvalue weighted by molar-refractivity contribution is -0.121. The summed E-state index contributed by atoms with van der Waals surface area (Å²) in [4.78, 5) is 26.9. The van der Waals surface area contributed by atoms with Gasteiger partial charge in [-0.15, -0.1) is 0 Å². The van der Waals surface area contributed by atoms with Crippen LogP contribution in [0, 0.1) is 18.8 Å². The Bertz CT molecular complexity index is 833. The summed E-state index contributed by atoms with van der Waals surface area (Å²) in [6, 6.07) is 14.9. The predicted octanol–water partition coefficient (Wildman–Crippen LogP) is 5.17. The van der Waals surface area contributed by atoms with E-state index >= 15 is 0 Å². The number of para-hydroxylation sites is 1. The molecule has 3 rings (SSSR count). The lowest BCUT2D eigenvalue weighted by Gasteiger charge is -2.34. The molecule has 1 atom stereocenters. The number of urea groups is 1. The molecule has 0 aliphatic carbocycles. The molecule has 0 saturated carbocycles. The van der Waals surface area contributed by atoms with E-state index in [1.54, 1.807) is 0 Å². The molecule has 1 aliphatic heterocycles. The summed E-state index contributed by atoms with van der Waals surface area (Å²) in [5, 5.41) is 6.56. The number of anilines is 2. The molecule has 0 aromatic heterocycles. The van der Waals surface area contributed by atoms with Gasteiger partial charge < -0.3 is 15.5 Å². The largest absolute Gasteiger partial charge is 0.326 e. The molecule has 0 radical (unpaired) electrons. The second-order valence-corrected chi connectivity index (χ2v) is 7.72. The molecule has 5 nitrogen and oxygen atoms in total. The first kappa shape index (κ1) is 20.2. The van der Waals surface area contributed by atoms with Crippen LogP contribution in [-0.2, 0) is 4.79 Å². The van der Waals surface area contributed by atoms with Gasteiger partial charge in [0.15, 0.2) is 0 Å². The summed E-state index contributed by atoms with van der Waals surface area (Å²) in [5.74, 6) is 0.121. The summed E-state index contributed by atoms with van der Waals surface area (Å²) >= 11 is 6.13. The molecule has 2 aromatic carbocycles. The average Bonchev–Trinajstić information content (AvgIpc) is 2.71. The third kappa shape index (κ3) is 4.84. The molecule has 1 saturated heterocycles. The van der Waals surface area contributed by atoms with E-state index in [1.807, 2.05) is 67.3 Å². The Morgan fingerprint density at radius 1 is 1.04 bits per heavy atom. The number of carbonyl (C=O) groups excluding carboxylic acids is 2. The van der Waals surface area contributed by atoms with Gasteiger partial charge in [-0.05, 0) is 55.5 Å². The number of halogens is 1. The predicted molar refractivity (Wildman–Crippen MR) is 114 cm³/mol. The highest BCUT2D eigenvalue weighted by Crippen LogP contribution is 2.28. The van der Waals surface area contributed by atoms with E-state index in [9.17, 15) is 9.59 Å². The van der Waals surface area contributed by atoms with Gasteiger partial charge in [0.1, 0.15) is 0 Å². The number of likely N-dealkylation sites (tertiary alicyclic amines) is 1. The van der Waals surface area contributed by atoms with E-state index < -0.39 is 0 Å². The van der Waals surface area contributed by atoms with Gasteiger partial charge in [0.25, 0.3) is 0 Å². The zero-order chi connectivity index (χ0) is 20.1. The highest BCUT2D eigenvalue weighted by molar-refractivity contribution is 6.31. The minimum atomic E-state index is -0.127. The van der Waals surface area contributed by atoms with Crippen molar-refractivity contribution in [1.82, 2.24) is 4.90 Å². The molecular formula is C22H26ClN3O2. The summed E-state index contributed by atoms with van der Waals surface area (Å²) in [6.07, 6.45) is 1.62. The number of carbonyl (C=O) groups is 2. The fourth-order valence-electron chi connectivity index (χ4n) is 3.53. The maximum Gasteiger partial charge on any atom is 0.321 e. The quantitative estimate of drug-likeness (QED) is 0.745.